The molecule has 1 heterocycles. The van der Waals surface area contributed by atoms with Crippen LogP contribution in [-0.4, -0.2) is 20.3 Å². The maximum Gasteiger partial charge on any atom is 0.130 e. The van der Waals surface area contributed by atoms with Crippen molar-refractivity contribution in [1.29, 1.82) is 0 Å². The summed E-state index contributed by atoms with van der Waals surface area (Å²) >= 11 is 0. The van der Waals surface area contributed by atoms with Crippen LogP contribution in [0, 0.1) is 24.5 Å². The van der Waals surface area contributed by atoms with Crippen molar-refractivity contribution in [2.75, 3.05) is 20.3 Å². The largest absolute Gasteiger partial charge is 0.381 e. The molecule has 1 aromatic carbocycles. The standard InChI is InChI=1S/C14H19F2NO/c1-9-7-11(13(16)8-12(9)15)14(17-2)10-3-5-18-6-4-10/h7-8,10,14,17H,3-6H2,1-2H3. The van der Waals surface area contributed by atoms with E-state index in [1.807, 2.05) is 7.05 Å². The first-order valence-electron chi connectivity index (χ1n) is 6.34. The van der Waals surface area contributed by atoms with Gasteiger partial charge in [-0.25, -0.2) is 8.78 Å². The van der Waals surface area contributed by atoms with Crippen LogP contribution in [-0.2, 0) is 4.74 Å². The van der Waals surface area contributed by atoms with Gasteiger partial charge in [-0.2, -0.15) is 0 Å². The van der Waals surface area contributed by atoms with Crippen molar-refractivity contribution in [3.8, 4) is 0 Å². The third-order valence-electron chi connectivity index (χ3n) is 3.66. The molecule has 1 aromatic rings. The summed E-state index contributed by atoms with van der Waals surface area (Å²) in [5.74, 6) is -0.620. The van der Waals surface area contributed by atoms with Crippen molar-refractivity contribution in [1.82, 2.24) is 5.32 Å². The lowest BCUT2D eigenvalue weighted by Gasteiger charge is -2.30. The van der Waals surface area contributed by atoms with Crippen LogP contribution < -0.4 is 5.32 Å². The second-order valence-corrected chi connectivity index (χ2v) is 4.84. The highest BCUT2D eigenvalue weighted by Gasteiger charge is 2.26. The average Bonchev–Trinajstić information content (AvgIpc) is 2.38. The van der Waals surface area contributed by atoms with Crippen LogP contribution in [0.3, 0.4) is 0 Å². The van der Waals surface area contributed by atoms with E-state index in [-0.39, 0.29) is 6.04 Å². The Morgan fingerprint density at radius 3 is 2.50 bits per heavy atom. The molecule has 1 fully saturated rings. The number of hydrogen-bond acceptors (Lipinski definition) is 2. The predicted molar refractivity (Wildman–Crippen MR) is 66.4 cm³/mol. The highest BCUT2D eigenvalue weighted by molar-refractivity contribution is 5.28. The molecule has 0 amide bonds. The molecule has 2 nitrogen and oxygen atoms in total. The van der Waals surface area contributed by atoms with Gasteiger partial charge in [0.05, 0.1) is 0 Å². The van der Waals surface area contributed by atoms with Crippen molar-refractivity contribution in [2.45, 2.75) is 25.8 Å². The molecule has 18 heavy (non-hydrogen) atoms. The Morgan fingerprint density at radius 2 is 1.89 bits per heavy atom. The lowest BCUT2D eigenvalue weighted by Crippen LogP contribution is -2.30. The summed E-state index contributed by atoms with van der Waals surface area (Å²) in [4.78, 5) is 0. The van der Waals surface area contributed by atoms with Crippen molar-refractivity contribution in [3.05, 3.63) is 34.9 Å². The smallest absolute Gasteiger partial charge is 0.130 e. The van der Waals surface area contributed by atoms with Gasteiger partial charge in [0.25, 0.3) is 0 Å². The predicted octanol–water partition coefficient (Wildman–Crippen LogP) is 2.96. The fourth-order valence-electron chi connectivity index (χ4n) is 2.61. The van der Waals surface area contributed by atoms with Crippen LogP contribution >= 0.6 is 0 Å². The molecule has 0 bridgehead atoms. The molecule has 1 N–H and O–H groups in total. The second-order valence-electron chi connectivity index (χ2n) is 4.84. The van der Waals surface area contributed by atoms with Crippen LogP contribution in [0.1, 0.15) is 30.0 Å². The Kier molecular flexibility index (Phi) is 4.30. The molecule has 0 spiro atoms. The Hall–Kier alpha value is -1.00. The summed E-state index contributed by atoms with van der Waals surface area (Å²) in [5.41, 5.74) is 1.04. The van der Waals surface area contributed by atoms with Crippen LogP contribution in [0.2, 0.25) is 0 Å². The van der Waals surface area contributed by atoms with Gasteiger partial charge in [0.15, 0.2) is 0 Å². The van der Waals surface area contributed by atoms with Gasteiger partial charge in [-0.1, -0.05) is 0 Å². The summed E-state index contributed by atoms with van der Waals surface area (Å²) in [5, 5.41) is 3.16. The number of halogens is 2. The molecule has 1 aliphatic heterocycles. The van der Waals surface area contributed by atoms with Gasteiger partial charge >= 0.3 is 0 Å². The maximum absolute atomic E-state index is 13.9. The minimum atomic E-state index is -0.488. The molecule has 1 saturated heterocycles. The van der Waals surface area contributed by atoms with E-state index in [0.717, 1.165) is 18.9 Å². The van der Waals surface area contributed by atoms with Crippen LogP contribution in [0.4, 0.5) is 8.78 Å². The third-order valence-corrected chi connectivity index (χ3v) is 3.66. The fourth-order valence-corrected chi connectivity index (χ4v) is 2.61. The lowest BCUT2D eigenvalue weighted by molar-refractivity contribution is 0.0541. The maximum atomic E-state index is 13.9. The first-order chi connectivity index (χ1) is 8.63. The molecule has 1 atom stereocenters. The van der Waals surface area contributed by atoms with Crippen LogP contribution in [0.25, 0.3) is 0 Å². The molecule has 0 aromatic heterocycles. The minimum absolute atomic E-state index is 0.0757. The first kappa shape index (κ1) is 13.4. The van der Waals surface area contributed by atoms with Gasteiger partial charge in [-0.05, 0) is 44.4 Å². The monoisotopic (exact) mass is 255 g/mol. The molecule has 1 unspecified atom stereocenters. The average molecular weight is 255 g/mol. The molecular weight excluding hydrogens is 236 g/mol. The molecule has 100 valence electrons. The van der Waals surface area contributed by atoms with E-state index >= 15 is 0 Å². The topological polar surface area (TPSA) is 21.3 Å². The molecule has 0 aliphatic carbocycles. The van der Waals surface area contributed by atoms with E-state index in [2.05, 4.69) is 5.32 Å². The van der Waals surface area contributed by atoms with Gasteiger partial charge in [0.2, 0.25) is 0 Å². The van der Waals surface area contributed by atoms with Gasteiger partial charge in [0.1, 0.15) is 11.6 Å². The quantitative estimate of drug-likeness (QED) is 0.896. The normalized spacial score (nSPS) is 18.9. The van der Waals surface area contributed by atoms with Crippen molar-refractivity contribution in [3.63, 3.8) is 0 Å². The molecule has 1 aliphatic rings. The number of benzene rings is 1. The van der Waals surface area contributed by atoms with E-state index in [1.54, 1.807) is 13.0 Å². The first-order valence-corrected chi connectivity index (χ1v) is 6.34. The lowest BCUT2D eigenvalue weighted by atomic mass is 9.86. The molecule has 0 radical (unpaired) electrons. The second kappa shape index (κ2) is 5.76. The Labute approximate surface area is 106 Å². The van der Waals surface area contributed by atoms with E-state index in [9.17, 15) is 8.78 Å². The van der Waals surface area contributed by atoms with E-state index in [4.69, 9.17) is 4.74 Å². The van der Waals surface area contributed by atoms with Crippen molar-refractivity contribution < 1.29 is 13.5 Å². The van der Waals surface area contributed by atoms with Gasteiger partial charge in [0, 0.05) is 30.9 Å². The van der Waals surface area contributed by atoms with Crippen LogP contribution in [0.15, 0.2) is 12.1 Å². The molecule has 4 heteroatoms. The molecule has 0 saturated carbocycles. The summed E-state index contributed by atoms with van der Waals surface area (Å²) in [6, 6.07) is 2.52. The zero-order chi connectivity index (χ0) is 13.1. The SMILES string of the molecule is CNC(c1cc(C)c(F)cc1F)C1CCOCC1. The van der Waals surface area contributed by atoms with Gasteiger partial charge in [-0.3, -0.25) is 0 Å². The number of aryl methyl sites for hydroxylation is 1. The minimum Gasteiger partial charge on any atom is -0.381 e. The van der Waals surface area contributed by atoms with E-state index < -0.39 is 11.6 Å². The zero-order valence-electron chi connectivity index (χ0n) is 10.8. The Balaban J connectivity index is 2.28. The van der Waals surface area contributed by atoms with Crippen molar-refractivity contribution in [2.24, 2.45) is 5.92 Å². The summed E-state index contributed by atoms with van der Waals surface area (Å²) in [6.45, 7) is 3.09. The Bertz CT molecular complexity index is 417. The highest BCUT2D eigenvalue weighted by Crippen LogP contribution is 2.32. The Morgan fingerprint density at radius 1 is 1.22 bits per heavy atom. The number of rotatable bonds is 3. The third kappa shape index (κ3) is 2.70. The zero-order valence-corrected chi connectivity index (χ0v) is 10.8. The highest BCUT2D eigenvalue weighted by atomic mass is 19.1. The van der Waals surface area contributed by atoms with E-state index in [1.165, 1.54) is 0 Å². The van der Waals surface area contributed by atoms with E-state index in [0.29, 0.717) is 30.3 Å². The fraction of sp³-hybridized carbons (Fsp3) is 0.571. The number of ether oxygens (including phenoxy) is 1. The summed E-state index contributed by atoms with van der Waals surface area (Å²) < 4.78 is 32.5. The van der Waals surface area contributed by atoms with Gasteiger partial charge in [-0.15, -0.1) is 0 Å². The number of hydrogen-bond donors (Lipinski definition) is 1. The summed E-state index contributed by atoms with van der Waals surface area (Å²) in [6.07, 6.45) is 1.81. The molecule has 2 rings (SSSR count). The molecular formula is C14H19F2NO. The van der Waals surface area contributed by atoms with Crippen molar-refractivity contribution >= 4 is 0 Å². The number of nitrogens with one attached hydrogen (secondary N) is 1. The summed E-state index contributed by atoms with van der Waals surface area (Å²) in [7, 11) is 1.82. The van der Waals surface area contributed by atoms with Gasteiger partial charge < -0.3 is 10.1 Å². The van der Waals surface area contributed by atoms with Crippen LogP contribution in [0.5, 0.6) is 0 Å².